The normalized spacial score (nSPS) is 21.1. The molecule has 0 saturated heterocycles. The molecular weight excluding hydrogens is 932 g/mol. The molecule has 0 aliphatic heterocycles. The molecule has 1 fully saturated rings. The van der Waals surface area contributed by atoms with Crippen LogP contribution in [0.15, 0.2) is 60.8 Å². The standard InChI is InChI=1S/C59H107O12P/c1-3-5-7-9-11-13-15-17-19-21-23-25-27-28-30-32-34-36-38-40-42-44-46-48-53(60)70-52(51-69-72(66,67)71-59-57(64)55(62)54(61)56(63)58(59)65)50-68-49-47-45-43-41-39-37-35-33-31-29-26-24-22-20-18-16-14-12-10-8-6-4-2/h5,7,11,13,17,19,23,25,28,30,52,54-59,61-65H,3-4,6,8-10,12,14-16,18,20-22,24,26-27,29,31-51H2,1-2H3,(H,66,67)/b7-5-,13-11-,19-17-,25-23-,30-28-. The van der Waals surface area contributed by atoms with Crippen LogP contribution < -0.4 is 0 Å². The molecule has 420 valence electrons. The Hall–Kier alpha value is -1.96. The number of ether oxygens (including phenoxy) is 2. The Balaban J connectivity index is 2.29. The second-order valence-corrected chi connectivity index (χ2v) is 21.5. The minimum absolute atomic E-state index is 0.0804. The highest BCUT2D eigenvalue weighted by Gasteiger charge is 2.51. The van der Waals surface area contributed by atoms with Crippen molar-refractivity contribution in [1.29, 1.82) is 0 Å². The van der Waals surface area contributed by atoms with Crippen LogP contribution in [0.5, 0.6) is 0 Å². The predicted octanol–water partition coefficient (Wildman–Crippen LogP) is 14.1. The molecule has 0 aromatic heterocycles. The molecule has 0 aromatic rings. The molecule has 1 rings (SSSR count). The molecule has 6 atom stereocenters. The molecular formula is C59H107O12P. The Kier molecular flexibility index (Phi) is 46.0. The number of allylic oxidation sites excluding steroid dienone is 10. The topological polar surface area (TPSA) is 192 Å². The summed E-state index contributed by atoms with van der Waals surface area (Å²) in [5.74, 6) is -0.486. The number of rotatable bonds is 50. The number of unbranched alkanes of at least 4 members (excludes halogenated alkanes) is 28. The summed E-state index contributed by atoms with van der Waals surface area (Å²) in [6.07, 6.45) is 51.4. The molecule has 1 saturated carbocycles. The first-order valence-electron chi connectivity index (χ1n) is 29.1. The maximum Gasteiger partial charge on any atom is 0.472 e. The van der Waals surface area contributed by atoms with Gasteiger partial charge in [-0.15, -0.1) is 0 Å². The summed E-state index contributed by atoms with van der Waals surface area (Å²) in [5, 5.41) is 50.4. The van der Waals surface area contributed by atoms with Crippen LogP contribution in [0.1, 0.15) is 245 Å². The van der Waals surface area contributed by atoms with E-state index in [1.54, 1.807) is 0 Å². The van der Waals surface area contributed by atoms with E-state index >= 15 is 0 Å². The van der Waals surface area contributed by atoms with Gasteiger partial charge in [-0.2, -0.15) is 0 Å². The van der Waals surface area contributed by atoms with Gasteiger partial charge in [0.1, 0.15) is 42.7 Å². The third-order valence-electron chi connectivity index (χ3n) is 13.4. The van der Waals surface area contributed by atoms with Crippen molar-refractivity contribution in [3.63, 3.8) is 0 Å². The van der Waals surface area contributed by atoms with E-state index in [1.165, 1.54) is 122 Å². The molecule has 1 aliphatic rings. The van der Waals surface area contributed by atoms with E-state index in [4.69, 9.17) is 18.5 Å². The lowest BCUT2D eigenvalue weighted by Gasteiger charge is -2.41. The maximum absolute atomic E-state index is 12.9. The van der Waals surface area contributed by atoms with E-state index in [0.717, 1.165) is 96.3 Å². The summed E-state index contributed by atoms with van der Waals surface area (Å²) < 4.78 is 34.4. The van der Waals surface area contributed by atoms with E-state index in [0.29, 0.717) is 13.0 Å². The van der Waals surface area contributed by atoms with Gasteiger partial charge >= 0.3 is 13.8 Å². The van der Waals surface area contributed by atoms with E-state index in [2.05, 4.69) is 74.6 Å². The van der Waals surface area contributed by atoms with Crippen molar-refractivity contribution in [2.75, 3.05) is 19.8 Å². The van der Waals surface area contributed by atoms with E-state index in [9.17, 15) is 39.8 Å². The van der Waals surface area contributed by atoms with Gasteiger partial charge in [-0.1, -0.05) is 242 Å². The molecule has 0 aromatic carbocycles. The second-order valence-electron chi connectivity index (χ2n) is 20.1. The average molecular weight is 1040 g/mol. The number of hydrogen-bond donors (Lipinski definition) is 6. The van der Waals surface area contributed by atoms with Crippen LogP contribution in [0, 0.1) is 0 Å². The van der Waals surface area contributed by atoms with Gasteiger partial charge in [-0.3, -0.25) is 13.8 Å². The molecule has 1 aliphatic carbocycles. The van der Waals surface area contributed by atoms with Gasteiger partial charge in [0.25, 0.3) is 0 Å². The summed E-state index contributed by atoms with van der Waals surface area (Å²) in [5.41, 5.74) is 0. The first-order valence-corrected chi connectivity index (χ1v) is 30.6. The number of carbonyl (C=O) groups is 1. The third-order valence-corrected chi connectivity index (χ3v) is 14.4. The largest absolute Gasteiger partial charge is 0.472 e. The van der Waals surface area contributed by atoms with Gasteiger partial charge in [0.15, 0.2) is 0 Å². The van der Waals surface area contributed by atoms with Crippen LogP contribution in [-0.2, 0) is 27.9 Å². The SMILES string of the molecule is CC/C=C\C/C=C\C/C=C\C/C=C\C/C=C\CCCCCCCCCC(=O)OC(COCCCCCCCCCCCCCCCCCCCCCCCC)COP(=O)(O)OC1C(O)C(O)C(O)C(O)C1O. The Morgan fingerprint density at radius 3 is 1.25 bits per heavy atom. The first kappa shape index (κ1) is 68.1. The number of esters is 1. The van der Waals surface area contributed by atoms with Crippen molar-refractivity contribution in [2.24, 2.45) is 0 Å². The van der Waals surface area contributed by atoms with Crippen LogP contribution >= 0.6 is 7.82 Å². The summed E-state index contributed by atoms with van der Waals surface area (Å²) in [7, 11) is -5.03. The highest BCUT2D eigenvalue weighted by molar-refractivity contribution is 7.47. The Labute approximate surface area is 438 Å². The maximum atomic E-state index is 12.9. The van der Waals surface area contributed by atoms with Gasteiger partial charge in [-0.05, 0) is 57.8 Å². The van der Waals surface area contributed by atoms with Gasteiger partial charge in [0, 0.05) is 13.0 Å². The summed E-state index contributed by atoms with van der Waals surface area (Å²) in [6, 6.07) is 0. The zero-order chi connectivity index (χ0) is 52.6. The van der Waals surface area contributed by atoms with Gasteiger partial charge in [0.05, 0.1) is 13.2 Å². The Morgan fingerprint density at radius 1 is 0.458 bits per heavy atom. The number of phosphoric ester groups is 1. The highest BCUT2D eigenvalue weighted by atomic mass is 31.2. The lowest BCUT2D eigenvalue weighted by atomic mass is 9.85. The zero-order valence-electron chi connectivity index (χ0n) is 45.5. The summed E-state index contributed by atoms with van der Waals surface area (Å²) in [4.78, 5) is 23.3. The highest BCUT2D eigenvalue weighted by Crippen LogP contribution is 2.47. The lowest BCUT2D eigenvalue weighted by Crippen LogP contribution is -2.64. The number of phosphoric acid groups is 1. The van der Waals surface area contributed by atoms with E-state index in [1.807, 2.05) is 0 Å². The fourth-order valence-corrected chi connectivity index (χ4v) is 9.83. The van der Waals surface area contributed by atoms with Crippen molar-refractivity contribution < 1.29 is 58.3 Å². The van der Waals surface area contributed by atoms with E-state index in [-0.39, 0.29) is 13.0 Å². The molecule has 0 bridgehead atoms. The molecule has 12 nitrogen and oxygen atoms in total. The minimum Gasteiger partial charge on any atom is -0.457 e. The zero-order valence-corrected chi connectivity index (χ0v) is 46.4. The number of aliphatic hydroxyl groups excluding tert-OH is 5. The van der Waals surface area contributed by atoms with Gasteiger partial charge in [0.2, 0.25) is 0 Å². The fraction of sp³-hybridized carbons (Fsp3) is 0.814. The Morgan fingerprint density at radius 2 is 0.819 bits per heavy atom. The molecule has 0 spiro atoms. The molecule has 0 amide bonds. The molecule has 0 radical (unpaired) electrons. The summed E-state index contributed by atoms with van der Waals surface area (Å²) >= 11 is 0. The van der Waals surface area contributed by atoms with Gasteiger partial charge < -0.3 is 39.9 Å². The van der Waals surface area contributed by atoms with Crippen molar-refractivity contribution in [1.82, 2.24) is 0 Å². The summed E-state index contributed by atoms with van der Waals surface area (Å²) in [6.45, 7) is 4.18. The van der Waals surface area contributed by atoms with Crippen LogP contribution in [0.2, 0.25) is 0 Å². The second kappa shape index (κ2) is 48.7. The average Bonchev–Trinajstić information content (AvgIpc) is 3.37. The monoisotopic (exact) mass is 1040 g/mol. The predicted molar refractivity (Wildman–Crippen MR) is 295 cm³/mol. The molecule has 72 heavy (non-hydrogen) atoms. The van der Waals surface area contributed by atoms with Crippen molar-refractivity contribution >= 4 is 13.8 Å². The van der Waals surface area contributed by atoms with Gasteiger partial charge in [-0.25, -0.2) is 4.57 Å². The lowest BCUT2D eigenvalue weighted by molar-refractivity contribution is -0.220. The van der Waals surface area contributed by atoms with E-state index < -0.39 is 63.1 Å². The molecule has 0 heterocycles. The number of hydrogen-bond acceptors (Lipinski definition) is 11. The first-order chi connectivity index (χ1) is 35.0. The Bertz CT molecular complexity index is 1420. The molecule has 13 heteroatoms. The quantitative estimate of drug-likeness (QED) is 0.0146. The number of aliphatic hydroxyl groups is 5. The van der Waals surface area contributed by atoms with Crippen molar-refractivity contribution in [2.45, 2.75) is 288 Å². The smallest absolute Gasteiger partial charge is 0.457 e. The molecule has 6 unspecified atom stereocenters. The van der Waals surface area contributed by atoms with Crippen molar-refractivity contribution in [3.8, 4) is 0 Å². The number of carbonyl (C=O) groups excluding carboxylic acids is 1. The van der Waals surface area contributed by atoms with Crippen LogP contribution in [0.25, 0.3) is 0 Å². The van der Waals surface area contributed by atoms with Crippen LogP contribution in [0.4, 0.5) is 0 Å². The molecule has 6 N–H and O–H groups in total. The van der Waals surface area contributed by atoms with Crippen molar-refractivity contribution in [3.05, 3.63) is 60.8 Å². The van der Waals surface area contributed by atoms with Crippen LogP contribution in [0.3, 0.4) is 0 Å². The minimum atomic E-state index is -5.03. The fourth-order valence-electron chi connectivity index (χ4n) is 8.86. The third kappa shape index (κ3) is 39.5. The van der Waals surface area contributed by atoms with Crippen LogP contribution in [-0.4, -0.2) is 98.9 Å².